The summed E-state index contributed by atoms with van der Waals surface area (Å²) in [7, 11) is 0. The number of carbonyl (C=O) groups is 5. The van der Waals surface area contributed by atoms with Crippen LogP contribution in [0.15, 0.2) is 34.3 Å². The zero-order chi connectivity index (χ0) is 36.3. The Bertz CT molecular complexity index is 1310. The number of hydrogen-bond donors (Lipinski definition) is 8. The number of nitrogens with zero attached hydrogens (tertiary/aromatic N) is 3. The third-order valence-corrected chi connectivity index (χ3v) is 8.57. The normalized spacial score (nSPS) is 15.9. The van der Waals surface area contributed by atoms with Gasteiger partial charge in [-0.15, -0.1) is 0 Å². The number of unbranched alkanes of at least 4 members (excludes halogenated alkanes) is 1. The summed E-state index contributed by atoms with van der Waals surface area (Å²) in [5.41, 5.74) is 33.6. The van der Waals surface area contributed by atoms with E-state index in [4.69, 9.17) is 34.4 Å². The summed E-state index contributed by atoms with van der Waals surface area (Å²) >= 11 is 0. The van der Waals surface area contributed by atoms with E-state index in [1.807, 2.05) is 0 Å². The van der Waals surface area contributed by atoms with Crippen LogP contribution in [0.1, 0.15) is 76.2 Å². The van der Waals surface area contributed by atoms with Crippen molar-refractivity contribution in [1.29, 1.82) is 0 Å². The maximum atomic E-state index is 13.8. The molecule has 49 heavy (non-hydrogen) atoms. The van der Waals surface area contributed by atoms with Crippen LogP contribution in [0.4, 0.5) is 0 Å². The predicted molar refractivity (Wildman–Crippen MR) is 187 cm³/mol. The molecule has 0 unspecified atom stereocenters. The lowest BCUT2D eigenvalue weighted by molar-refractivity contribution is -0.138. The van der Waals surface area contributed by atoms with Crippen molar-refractivity contribution in [3.05, 3.63) is 29.8 Å². The van der Waals surface area contributed by atoms with Crippen LogP contribution in [-0.2, 0) is 30.4 Å². The van der Waals surface area contributed by atoms with E-state index in [9.17, 15) is 29.1 Å². The molecule has 1 aromatic carbocycles. The molecule has 0 aliphatic carbocycles. The zero-order valence-corrected chi connectivity index (χ0v) is 28.2. The van der Waals surface area contributed by atoms with E-state index in [0.29, 0.717) is 63.6 Å². The van der Waals surface area contributed by atoms with Gasteiger partial charge in [-0.3, -0.25) is 34.0 Å². The lowest BCUT2D eigenvalue weighted by atomic mass is 9.89. The number of phenols is 1. The average Bonchev–Trinajstić information content (AvgIpc) is 3.54. The van der Waals surface area contributed by atoms with Crippen LogP contribution < -0.4 is 39.7 Å². The standard InChI is InChI=1S/C33H54N10O6/c34-14-2-1-6-23(20-28(46)26-9-5-17-43(26)29(47)18-21-10-12-24(44)13-11-21)31(49)42-25(8-4-16-41-33(38)39)27(45)19-22(30(35)48)7-3-15-40-32(36)37/h10-13,22-23,25-26,44H,1-9,14-20,34H2,(H2,35,48)(H,42,49)(H4,36,37,40)(H4,38,39,41)/t22-,23+,25-,26-/m0/s1. The highest BCUT2D eigenvalue weighted by molar-refractivity contribution is 5.95. The first-order valence-corrected chi connectivity index (χ1v) is 16.9. The minimum Gasteiger partial charge on any atom is -0.508 e. The number of nitrogens with one attached hydrogen (secondary N) is 1. The van der Waals surface area contributed by atoms with Gasteiger partial charge in [0.25, 0.3) is 0 Å². The molecule has 0 aromatic heterocycles. The van der Waals surface area contributed by atoms with Crippen molar-refractivity contribution in [2.75, 3.05) is 26.2 Å². The highest BCUT2D eigenvalue weighted by Crippen LogP contribution is 2.25. The van der Waals surface area contributed by atoms with Crippen LogP contribution in [0.2, 0.25) is 0 Å². The Morgan fingerprint density at radius 2 is 1.45 bits per heavy atom. The second kappa shape index (κ2) is 21.3. The number of rotatable bonds is 23. The minimum atomic E-state index is -0.983. The summed E-state index contributed by atoms with van der Waals surface area (Å²) in [5.74, 6) is -3.63. The number of hydrogen-bond acceptors (Lipinski definition) is 9. The number of nitrogens with two attached hydrogens (primary N) is 6. The SMILES string of the molecule is NCCCC[C@H](CC(=O)[C@@H]1CCCN1C(=O)Cc1ccc(O)cc1)C(=O)N[C@@H](CCCN=C(N)N)C(=O)C[C@H](CCCN=C(N)N)C(N)=O. The molecule has 1 aliphatic heterocycles. The molecule has 1 heterocycles. The van der Waals surface area contributed by atoms with Gasteiger partial charge < -0.3 is 49.7 Å². The number of ketones is 2. The van der Waals surface area contributed by atoms with Gasteiger partial charge in [0, 0.05) is 44.3 Å². The van der Waals surface area contributed by atoms with Gasteiger partial charge >= 0.3 is 0 Å². The van der Waals surface area contributed by atoms with Gasteiger partial charge in [-0.25, -0.2) is 0 Å². The van der Waals surface area contributed by atoms with Crippen LogP contribution in [0.3, 0.4) is 0 Å². The smallest absolute Gasteiger partial charge is 0.227 e. The topological polar surface area (TPSA) is 302 Å². The summed E-state index contributed by atoms with van der Waals surface area (Å²) in [5, 5.41) is 12.4. The average molecular weight is 687 g/mol. The van der Waals surface area contributed by atoms with Crippen molar-refractivity contribution in [1.82, 2.24) is 10.2 Å². The Labute approximate surface area is 287 Å². The molecule has 0 bridgehead atoms. The van der Waals surface area contributed by atoms with Crippen molar-refractivity contribution in [2.24, 2.45) is 56.2 Å². The number of primary amides is 1. The highest BCUT2D eigenvalue weighted by Gasteiger charge is 2.36. The lowest BCUT2D eigenvalue weighted by Crippen LogP contribution is -2.46. The lowest BCUT2D eigenvalue weighted by Gasteiger charge is -2.27. The van der Waals surface area contributed by atoms with E-state index in [1.54, 1.807) is 17.0 Å². The number of phenolic OH excluding ortho intramolecular Hbond substituents is 1. The molecule has 1 aliphatic rings. The van der Waals surface area contributed by atoms with E-state index in [1.165, 1.54) is 12.1 Å². The Balaban J connectivity index is 2.18. The monoisotopic (exact) mass is 686 g/mol. The van der Waals surface area contributed by atoms with Crippen LogP contribution >= 0.6 is 0 Å². The first kappa shape index (κ1) is 40.4. The van der Waals surface area contributed by atoms with Crippen molar-refractivity contribution in [2.45, 2.75) is 89.1 Å². The van der Waals surface area contributed by atoms with Crippen LogP contribution in [-0.4, -0.2) is 89.5 Å². The van der Waals surface area contributed by atoms with Crippen molar-refractivity contribution < 1.29 is 29.1 Å². The van der Waals surface area contributed by atoms with E-state index >= 15 is 0 Å². The van der Waals surface area contributed by atoms with Crippen molar-refractivity contribution in [3.63, 3.8) is 0 Å². The fraction of sp³-hybridized carbons (Fsp3) is 0.606. The molecule has 0 radical (unpaired) electrons. The van der Waals surface area contributed by atoms with Gasteiger partial charge in [-0.05, 0) is 75.6 Å². The van der Waals surface area contributed by atoms with Crippen LogP contribution in [0, 0.1) is 11.8 Å². The van der Waals surface area contributed by atoms with E-state index in [2.05, 4.69) is 15.3 Å². The third-order valence-electron chi connectivity index (χ3n) is 8.57. The first-order valence-electron chi connectivity index (χ1n) is 16.9. The molecular weight excluding hydrogens is 632 g/mol. The first-order chi connectivity index (χ1) is 23.3. The molecule has 3 amide bonds. The van der Waals surface area contributed by atoms with Crippen LogP contribution in [0.5, 0.6) is 5.75 Å². The van der Waals surface area contributed by atoms with E-state index in [-0.39, 0.29) is 74.6 Å². The fourth-order valence-corrected chi connectivity index (χ4v) is 5.91. The van der Waals surface area contributed by atoms with Gasteiger partial charge in [0.15, 0.2) is 23.5 Å². The molecule has 1 aromatic rings. The molecule has 14 N–H and O–H groups in total. The third kappa shape index (κ3) is 14.9. The van der Waals surface area contributed by atoms with Crippen molar-refractivity contribution >= 4 is 41.2 Å². The molecule has 2 rings (SSSR count). The molecule has 0 spiro atoms. The quantitative estimate of drug-likeness (QED) is 0.0404. The Kier molecular flexibility index (Phi) is 17.6. The second-order valence-electron chi connectivity index (χ2n) is 12.5. The Morgan fingerprint density at radius 1 is 0.837 bits per heavy atom. The van der Waals surface area contributed by atoms with Crippen molar-refractivity contribution in [3.8, 4) is 5.75 Å². The summed E-state index contributed by atoms with van der Waals surface area (Å²) in [6.07, 6.45) is 3.70. The number of Topliss-reactive ketones (excluding diaryl/α,β-unsaturated/α-hetero) is 2. The molecule has 1 fully saturated rings. The van der Waals surface area contributed by atoms with Gasteiger partial charge in [0.1, 0.15) is 5.75 Å². The molecule has 16 nitrogen and oxygen atoms in total. The van der Waals surface area contributed by atoms with Gasteiger partial charge in [0.2, 0.25) is 17.7 Å². The molecule has 4 atom stereocenters. The number of amides is 3. The number of benzene rings is 1. The van der Waals surface area contributed by atoms with E-state index < -0.39 is 41.5 Å². The second-order valence-corrected chi connectivity index (χ2v) is 12.5. The Hall–Kier alpha value is -4.73. The molecule has 1 saturated heterocycles. The Morgan fingerprint density at radius 3 is 2.04 bits per heavy atom. The number of guanidine groups is 2. The fourth-order valence-electron chi connectivity index (χ4n) is 5.91. The molecule has 0 saturated carbocycles. The van der Waals surface area contributed by atoms with Gasteiger partial charge in [-0.1, -0.05) is 18.6 Å². The predicted octanol–water partition coefficient (Wildman–Crippen LogP) is -0.717. The summed E-state index contributed by atoms with van der Waals surface area (Å²) in [6.45, 7) is 1.32. The largest absolute Gasteiger partial charge is 0.508 e. The number of likely N-dealkylation sites (tertiary alicyclic amines) is 1. The number of aliphatic imine (C=N–C) groups is 2. The maximum absolute atomic E-state index is 13.8. The summed E-state index contributed by atoms with van der Waals surface area (Å²) in [6, 6.07) is 4.67. The maximum Gasteiger partial charge on any atom is 0.227 e. The highest BCUT2D eigenvalue weighted by atomic mass is 16.3. The molecule has 16 heteroatoms. The molecular formula is C33H54N10O6. The summed E-state index contributed by atoms with van der Waals surface area (Å²) in [4.78, 5) is 75.8. The van der Waals surface area contributed by atoms with Gasteiger partial charge in [-0.2, -0.15) is 0 Å². The zero-order valence-electron chi connectivity index (χ0n) is 28.2. The summed E-state index contributed by atoms with van der Waals surface area (Å²) < 4.78 is 0. The van der Waals surface area contributed by atoms with E-state index in [0.717, 1.165) is 0 Å². The number of aromatic hydroxyl groups is 1. The molecule has 272 valence electrons. The van der Waals surface area contributed by atoms with Crippen LogP contribution in [0.25, 0.3) is 0 Å². The number of carbonyl (C=O) groups excluding carboxylic acids is 5. The minimum absolute atomic E-state index is 0.0781. The van der Waals surface area contributed by atoms with Gasteiger partial charge in [0.05, 0.1) is 18.5 Å².